The number of rotatable bonds is 5. The molecule has 6 nitrogen and oxygen atoms in total. The number of ether oxygens (including phenoxy) is 2. The number of hydrogen-bond donors (Lipinski definition) is 0. The second-order valence-corrected chi connectivity index (χ2v) is 6.50. The maximum atomic E-state index is 12.6. The second-order valence-electron chi connectivity index (χ2n) is 6.50. The average molecular weight is 349 g/mol. The number of aromatic nitrogens is 2. The molecule has 24 heavy (non-hydrogen) atoms. The Kier molecular flexibility index (Phi) is 5.54. The first-order chi connectivity index (χ1) is 11.1. The molecular weight excluding hydrogens is 327 g/mol. The van der Waals surface area contributed by atoms with Crippen LogP contribution in [0.5, 0.6) is 0 Å². The van der Waals surface area contributed by atoms with Crippen LogP contribution in [0.25, 0.3) is 0 Å². The van der Waals surface area contributed by atoms with Gasteiger partial charge in [-0.1, -0.05) is 0 Å². The van der Waals surface area contributed by atoms with E-state index in [9.17, 15) is 18.0 Å². The van der Waals surface area contributed by atoms with E-state index in [0.29, 0.717) is 19.7 Å². The van der Waals surface area contributed by atoms with Crippen LogP contribution in [0, 0.1) is 0 Å². The summed E-state index contributed by atoms with van der Waals surface area (Å²) < 4.78 is 48.8. The monoisotopic (exact) mass is 349 g/mol. The molecule has 0 radical (unpaired) electrons. The molecule has 0 N–H and O–H groups in total. The topological polar surface area (TPSA) is 56.6 Å². The number of carbonyl (C=O) groups is 1. The Morgan fingerprint density at radius 2 is 2.21 bits per heavy atom. The van der Waals surface area contributed by atoms with Gasteiger partial charge >= 0.3 is 6.18 Å². The van der Waals surface area contributed by atoms with Gasteiger partial charge in [0.25, 0.3) is 5.91 Å². The van der Waals surface area contributed by atoms with Crippen molar-refractivity contribution in [2.45, 2.75) is 44.7 Å². The van der Waals surface area contributed by atoms with Gasteiger partial charge < -0.3 is 14.4 Å². The molecule has 2 rings (SSSR count). The van der Waals surface area contributed by atoms with Crippen LogP contribution in [-0.2, 0) is 16.0 Å². The molecule has 0 saturated carbocycles. The van der Waals surface area contributed by atoms with Crippen molar-refractivity contribution in [1.82, 2.24) is 14.7 Å². The van der Waals surface area contributed by atoms with Crippen molar-refractivity contribution in [2.24, 2.45) is 0 Å². The quantitative estimate of drug-likeness (QED) is 0.817. The van der Waals surface area contributed by atoms with Gasteiger partial charge in [0, 0.05) is 32.9 Å². The van der Waals surface area contributed by atoms with Crippen molar-refractivity contribution in [1.29, 1.82) is 0 Å². The Labute approximate surface area is 138 Å². The van der Waals surface area contributed by atoms with Crippen LogP contribution in [0.2, 0.25) is 0 Å². The van der Waals surface area contributed by atoms with Gasteiger partial charge in [-0.25, -0.2) is 0 Å². The van der Waals surface area contributed by atoms with Gasteiger partial charge in [-0.15, -0.1) is 0 Å². The Bertz CT molecular complexity index is 572. The highest BCUT2D eigenvalue weighted by atomic mass is 19.4. The smallest absolute Gasteiger partial charge is 0.382 e. The summed E-state index contributed by atoms with van der Waals surface area (Å²) in [6.45, 7) is 4.56. The summed E-state index contributed by atoms with van der Waals surface area (Å²) in [6.07, 6.45) is -2.84. The van der Waals surface area contributed by atoms with Crippen molar-refractivity contribution in [3.63, 3.8) is 0 Å². The zero-order valence-corrected chi connectivity index (χ0v) is 14.0. The molecule has 1 atom stereocenters. The number of hydrogen-bond acceptors (Lipinski definition) is 4. The third-order valence-corrected chi connectivity index (χ3v) is 3.63. The fourth-order valence-corrected chi connectivity index (χ4v) is 2.74. The van der Waals surface area contributed by atoms with Crippen LogP contribution in [0.1, 0.15) is 30.6 Å². The Balaban J connectivity index is 2.03. The van der Waals surface area contributed by atoms with Gasteiger partial charge in [-0.2, -0.15) is 18.3 Å². The molecule has 1 aliphatic rings. The lowest BCUT2D eigenvalue weighted by atomic mass is 10.0. The van der Waals surface area contributed by atoms with Crippen LogP contribution in [0.15, 0.2) is 12.4 Å². The van der Waals surface area contributed by atoms with Crippen molar-refractivity contribution in [3.8, 4) is 0 Å². The van der Waals surface area contributed by atoms with E-state index >= 15 is 0 Å². The number of methoxy groups -OCH3 is 1. The minimum atomic E-state index is -4.25. The van der Waals surface area contributed by atoms with Crippen LogP contribution in [0.3, 0.4) is 0 Å². The van der Waals surface area contributed by atoms with Gasteiger partial charge in [-0.3, -0.25) is 9.48 Å². The predicted molar refractivity (Wildman–Crippen MR) is 79.6 cm³/mol. The van der Waals surface area contributed by atoms with Gasteiger partial charge in [-0.05, 0) is 13.8 Å². The summed E-state index contributed by atoms with van der Waals surface area (Å²) >= 11 is 0. The highest BCUT2D eigenvalue weighted by Crippen LogP contribution is 2.23. The van der Waals surface area contributed by atoms with Crippen molar-refractivity contribution >= 4 is 5.91 Å². The normalized spacial score (nSPS) is 21.1. The predicted octanol–water partition coefficient (Wildman–Crippen LogP) is 2.10. The third kappa shape index (κ3) is 5.20. The summed E-state index contributed by atoms with van der Waals surface area (Å²) in [5.41, 5.74) is -0.255. The molecule has 136 valence electrons. The standard InChI is InChI=1S/C15H22F3N3O3/c1-14(2)10-20(8-12(24-14)9-23-3)13(22)11-6-19-21(7-11)5-4-15(16,17)18/h6-7,12H,4-5,8-10H2,1-3H3/t12-/m1/s1. The maximum absolute atomic E-state index is 12.6. The van der Waals surface area contributed by atoms with E-state index in [1.807, 2.05) is 13.8 Å². The van der Waals surface area contributed by atoms with E-state index in [0.717, 1.165) is 4.68 Å². The Hall–Kier alpha value is -1.61. The van der Waals surface area contributed by atoms with Gasteiger partial charge in [0.15, 0.2) is 0 Å². The van der Waals surface area contributed by atoms with Crippen molar-refractivity contribution < 1.29 is 27.4 Å². The Morgan fingerprint density at radius 3 is 2.83 bits per heavy atom. The minimum Gasteiger partial charge on any atom is -0.382 e. The van der Waals surface area contributed by atoms with E-state index in [2.05, 4.69) is 5.10 Å². The SMILES string of the molecule is COC[C@H]1CN(C(=O)c2cnn(CCC(F)(F)F)c2)CC(C)(C)O1. The zero-order chi connectivity index (χ0) is 18.0. The molecule has 0 aliphatic carbocycles. The first kappa shape index (κ1) is 18.7. The van der Waals surface area contributed by atoms with Gasteiger partial charge in [0.2, 0.25) is 0 Å². The highest BCUT2D eigenvalue weighted by Gasteiger charge is 2.36. The summed E-state index contributed by atoms with van der Waals surface area (Å²) in [7, 11) is 1.56. The summed E-state index contributed by atoms with van der Waals surface area (Å²) in [6, 6.07) is 0. The fourth-order valence-electron chi connectivity index (χ4n) is 2.74. The molecule has 1 fully saturated rings. The number of alkyl halides is 3. The molecule has 1 aliphatic heterocycles. The fraction of sp³-hybridized carbons (Fsp3) is 0.733. The molecule has 0 aromatic carbocycles. The van der Waals surface area contributed by atoms with E-state index in [4.69, 9.17) is 9.47 Å². The largest absolute Gasteiger partial charge is 0.390 e. The third-order valence-electron chi connectivity index (χ3n) is 3.63. The molecule has 0 unspecified atom stereocenters. The number of amides is 1. The van der Waals surface area contributed by atoms with Crippen LogP contribution in [-0.4, -0.2) is 65.3 Å². The number of nitrogens with zero attached hydrogens (tertiary/aromatic N) is 3. The lowest BCUT2D eigenvalue weighted by Crippen LogP contribution is -2.55. The van der Waals surface area contributed by atoms with Gasteiger partial charge in [0.1, 0.15) is 0 Å². The average Bonchev–Trinajstić information content (AvgIpc) is 2.91. The number of halogens is 3. The highest BCUT2D eigenvalue weighted by molar-refractivity contribution is 5.93. The van der Waals surface area contributed by atoms with Crippen LogP contribution >= 0.6 is 0 Å². The lowest BCUT2D eigenvalue weighted by molar-refractivity contribution is -0.143. The molecule has 0 spiro atoms. The van der Waals surface area contributed by atoms with Gasteiger partial charge in [0.05, 0.1) is 36.5 Å². The lowest BCUT2D eigenvalue weighted by Gasteiger charge is -2.42. The number of carbonyl (C=O) groups excluding carboxylic acids is 1. The molecule has 1 aromatic rings. The van der Waals surface area contributed by atoms with E-state index in [-0.39, 0.29) is 24.1 Å². The molecule has 1 saturated heterocycles. The first-order valence-electron chi connectivity index (χ1n) is 7.65. The van der Waals surface area contributed by atoms with E-state index in [1.165, 1.54) is 12.4 Å². The molecule has 1 aromatic heterocycles. The van der Waals surface area contributed by atoms with Crippen molar-refractivity contribution in [2.75, 3.05) is 26.8 Å². The second kappa shape index (κ2) is 7.10. The molecule has 2 heterocycles. The molecule has 0 bridgehead atoms. The minimum absolute atomic E-state index is 0.247. The number of morpholine rings is 1. The number of aryl methyl sites for hydroxylation is 1. The zero-order valence-electron chi connectivity index (χ0n) is 14.0. The summed E-state index contributed by atoms with van der Waals surface area (Å²) in [5, 5.41) is 3.84. The van der Waals surface area contributed by atoms with Crippen LogP contribution < -0.4 is 0 Å². The van der Waals surface area contributed by atoms with E-state index in [1.54, 1.807) is 12.0 Å². The Morgan fingerprint density at radius 1 is 1.50 bits per heavy atom. The summed E-state index contributed by atoms with van der Waals surface area (Å²) in [4.78, 5) is 14.2. The summed E-state index contributed by atoms with van der Waals surface area (Å²) in [5.74, 6) is -0.272. The molecule has 1 amide bonds. The maximum Gasteiger partial charge on any atom is 0.390 e. The molecule has 9 heteroatoms. The first-order valence-corrected chi connectivity index (χ1v) is 7.65. The van der Waals surface area contributed by atoms with Crippen molar-refractivity contribution in [3.05, 3.63) is 18.0 Å². The van der Waals surface area contributed by atoms with Crippen LogP contribution in [0.4, 0.5) is 13.2 Å². The molecular formula is C15H22F3N3O3. The van der Waals surface area contributed by atoms with E-state index < -0.39 is 18.2 Å².